The summed E-state index contributed by atoms with van der Waals surface area (Å²) in [6, 6.07) is 6.07. The van der Waals surface area contributed by atoms with Crippen molar-refractivity contribution in [2.45, 2.75) is 33.4 Å². The molecule has 9 heteroatoms. The molecule has 4 heterocycles. The number of anilines is 1. The van der Waals surface area contributed by atoms with Gasteiger partial charge in [-0.1, -0.05) is 13.8 Å². The fraction of sp³-hybridized carbons (Fsp3) is 0.286. The summed E-state index contributed by atoms with van der Waals surface area (Å²) in [5, 5.41) is 3.39. The monoisotopic (exact) mass is 404 g/mol. The second-order valence-electron chi connectivity index (χ2n) is 7.28. The molecule has 4 aromatic heterocycles. The van der Waals surface area contributed by atoms with Gasteiger partial charge >= 0.3 is 0 Å². The van der Waals surface area contributed by atoms with E-state index >= 15 is 0 Å². The number of aryl methyl sites for hydroxylation is 1. The number of aromatic nitrogens is 6. The average molecular weight is 404 g/mol. The van der Waals surface area contributed by atoms with Gasteiger partial charge in [0.05, 0.1) is 19.0 Å². The highest BCUT2D eigenvalue weighted by Crippen LogP contribution is 2.30. The van der Waals surface area contributed by atoms with Crippen LogP contribution in [0, 0.1) is 6.92 Å². The van der Waals surface area contributed by atoms with Crippen LogP contribution in [0.25, 0.3) is 28.1 Å². The van der Waals surface area contributed by atoms with Crippen LogP contribution in [0.4, 0.5) is 5.82 Å². The molecule has 4 aromatic rings. The van der Waals surface area contributed by atoms with Gasteiger partial charge in [-0.2, -0.15) is 0 Å². The lowest BCUT2D eigenvalue weighted by Gasteiger charge is -2.11. The van der Waals surface area contributed by atoms with Crippen molar-refractivity contribution in [1.82, 2.24) is 34.8 Å². The van der Waals surface area contributed by atoms with Crippen molar-refractivity contribution in [2.75, 3.05) is 12.8 Å². The molecule has 0 radical (unpaired) electrons. The molecule has 0 unspecified atom stereocenters. The SMILES string of the molecule is COc1ccc(-n2cnc3c(-c4cc(CNC(C)C)cnc4N)nc(C)nc32)cn1. The second-order valence-corrected chi connectivity index (χ2v) is 7.28. The Bertz CT molecular complexity index is 1180. The van der Waals surface area contributed by atoms with E-state index in [-0.39, 0.29) is 0 Å². The van der Waals surface area contributed by atoms with E-state index in [0.717, 1.165) is 16.8 Å². The van der Waals surface area contributed by atoms with E-state index in [0.29, 0.717) is 47.0 Å². The van der Waals surface area contributed by atoms with Crippen LogP contribution < -0.4 is 15.8 Å². The molecule has 0 aliphatic rings. The fourth-order valence-electron chi connectivity index (χ4n) is 3.15. The second kappa shape index (κ2) is 8.03. The van der Waals surface area contributed by atoms with Gasteiger partial charge in [0.15, 0.2) is 5.65 Å². The molecule has 0 amide bonds. The number of hydrogen-bond donors (Lipinski definition) is 2. The zero-order chi connectivity index (χ0) is 21.3. The molecule has 0 aliphatic carbocycles. The Morgan fingerprint density at radius 1 is 1.13 bits per heavy atom. The standard InChI is InChI=1S/C21H24N8O/c1-12(2)23-8-14-7-16(20(22)25-9-14)18-19-21(28-13(3)27-18)29(11-26-19)15-5-6-17(30-4)24-10-15/h5-7,9-12,23H,8H2,1-4H3,(H2,22,25). The van der Waals surface area contributed by atoms with Crippen molar-refractivity contribution in [3.63, 3.8) is 0 Å². The first-order chi connectivity index (χ1) is 14.5. The lowest BCUT2D eigenvalue weighted by Crippen LogP contribution is -2.22. The summed E-state index contributed by atoms with van der Waals surface area (Å²) in [5.41, 5.74) is 10.8. The molecule has 154 valence electrons. The van der Waals surface area contributed by atoms with E-state index in [4.69, 9.17) is 10.5 Å². The average Bonchev–Trinajstić information content (AvgIpc) is 3.16. The maximum absolute atomic E-state index is 6.22. The minimum absolute atomic E-state index is 0.368. The van der Waals surface area contributed by atoms with Crippen molar-refractivity contribution < 1.29 is 4.74 Å². The number of nitrogens with zero attached hydrogens (tertiary/aromatic N) is 6. The molecule has 0 aromatic carbocycles. The van der Waals surface area contributed by atoms with Crippen LogP contribution in [0.5, 0.6) is 5.88 Å². The Labute approximate surface area is 174 Å². The normalized spacial score (nSPS) is 11.4. The number of rotatable bonds is 6. The van der Waals surface area contributed by atoms with Gasteiger partial charge in [0.2, 0.25) is 5.88 Å². The van der Waals surface area contributed by atoms with Crippen LogP contribution in [-0.2, 0) is 6.54 Å². The Morgan fingerprint density at radius 3 is 2.67 bits per heavy atom. The van der Waals surface area contributed by atoms with Crippen molar-refractivity contribution in [3.05, 3.63) is 48.3 Å². The summed E-state index contributed by atoms with van der Waals surface area (Å²) < 4.78 is 7.01. The third-order valence-corrected chi connectivity index (χ3v) is 4.66. The van der Waals surface area contributed by atoms with E-state index in [1.165, 1.54) is 0 Å². The van der Waals surface area contributed by atoms with Crippen molar-refractivity contribution in [1.29, 1.82) is 0 Å². The van der Waals surface area contributed by atoms with Crippen LogP contribution in [0.2, 0.25) is 0 Å². The van der Waals surface area contributed by atoms with Gasteiger partial charge in [0, 0.05) is 30.4 Å². The predicted molar refractivity (Wildman–Crippen MR) is 115 cm³/mol. The summed E-state index contributed by atoms with van der Waals surface area (Å²) >= 11 is 0. The molecule has 0 bridgehead atoms. The number of ether oxygens (including phenoxy) is 1. The minimum atomic E-state index is 0.368. The molecule has 3 N–H and O–H groups in total. The molecular weight excluding hydrogens is 380 g/mol. The molecule has 0 saturated heterocycles. The molecule has 0 spiro atoms. The van der Waals surface area contributed by atoms with Crippen LogP contribution in [0.15, 0.2) is 36.9 Å². The third-order valence-electron chi connectivity index (χ3n) is 4.66. The number of pyridine rings is 2. The summed E-state index contributed by atoms with van der Waals surface area (Å²) in [6.45, 7) is 6.74. The quantitative estimate of drug-likeness (QED) is 0.504. The molecule has 0 fully saturated rings. The first-order valence-corrected chi connectivity index (χ1v) is 9.66. The number of nitrogens with two attached hydrogens (primary N) is 1. The highest BCUT2D eigenvalue weighted by molar-refractivity contribution is 5.91. The largest absolute Gasteiger partial charge is 0.481 e. The number of hydrogen-bond acceptors (Lipinski definition) is 8. The van der Waals surface area contributed by atoms with Crippen LogP contribution >= 0.6 is 0 Å². The maximum atomic E-state index is 6.22. The first kappa shape index (κ1) is 19.7. The zero-order valence-electron chi connectivity index (χ0n) is 17.4. The molecule has 30 heavy (non-hydrogen) atoms. The van der Waals surface area contributed by atoms with Crippen molar-refractivity contribution >= 4 is 17.0 Å². The Balaban J connectivity index is 1.82. The van der Waals surface area contributed by atoms with Crippen molar-refractivity contribution in [2.24, 2.45) is 0 Å². The van der Waals surface area contributed by atoms with E-state index in [1.807, 2.05) is 23.6 Å². The Morgan fingerprint density at radius 2 is 1.97 bits per heavy atom. The Kier molecular flexibility index (Phi) is 5.28. The number of methoxy groups -OCH3 is 1. The van der Waals surface area contributed by atoms with E-state index < -0.39 is 0 Å². The van der Waals surface area contributed by atoms with Crippen molar-refractivity contribution in [3.8, 4) is 22.8 Å². The smallest absolute Gasteiger partial charge is 0.213 e. The lowest BCUT2D eigenvalue weighted by molar-refractivity contribution is 0.398. The van der Waals surface area contributed by atoms with Gasteiger partial charge in [-0.15, -0.1) is 0 Å². The highest BCUT2D eigenvalue weighted by Gasteiger charge is 2.17. The molecular formula is C21H24N8O. The van der Waals surface area contributed by atoms with Gasteiger partial charge in [-0.25, -0.2) is 24.9 Å². The minimum Gasteiger partial charge on any atom is -0.481 e. The maximum Gasteiger partial charge on any atom is 0.213 e. The Hall–Kier alpha value is -3.59. The summed E-state index contributed by atoms with van der Waals surface area (Å²) in [5.74, 6) is 1.56. The number of nitrogens with one attached hydrogen (secondary N) is 1. The van der Waals surface area contributed by atoms with E-state index in [9.17, 15) is 0 Å². The van der Waals surface area contributed by atoms with Gasteiger partial charge in [0.25, 0.3) is 0 Å². The number of imidazole rings is 1. The first-order valence-electron chi connectivity index (χ1n) is 9.66. The molecule has 0 aliphatic heterocycles. The van der Waals surface area contributed by atoms with Gasteiger partial charge in [-0.3, -0.25) is 4.57 Å². The van der Waals surface area contributed by atoms with E-state index in [2.05, 4.69) is 44.1 Å². The molecule has 0 atom stereocenters. The van der Waals surface area contributed by atoms with Gasteiger partial charge < -0.3 is 15.8 Å². The fourth-order valence-corrected chi connectivity index (χ4v) is 3.15. The third kappa shape index (κ3) is 3.79. The molecule has 4 rings (SSSR count). The van der Waals surface area contributed by atoms with Crippen LogP contribution in [0.1, 0.15) is 25.2 Å². The lowest BCUT2D eigenvalue weighted by atomic mass is 10.1. The molecule has 9 nitrogen and oxygen atoms in total. The van der Waals surface area contributed by atoms with Gasteiger partial charge in [-0.05, 0) is 24.6 Å². The summed E-state index contributed by atoms with van der Waals surface area (Å²) in [6.07, 6.45) is 5.20. The van der Waals surface area contributed by atoms with Gasteiger partial charge in [0.1, 0.15) is 29.2 Å². The zero-order valence-corrected chi connectivity index (χ0v) is 17.4. The van der Waals surface area contributed by atoms with Crippen LogP contribution in [-0.4, -0.2) is 42.6 Å². The highest BCUT2D eigenvalue weighted by atomic mass is 16.5. The van der Waals surface area contributed by atoms with Crippen LogP contribution in [0.3, 0.4) is 0 Å². The topological polar surface area (TPSA) is 117 Å². The summed E-state index contributed by atoms with van der Waals surface area (Å²) in [7, 11) is 1.58. The van der Waals surface area contributed by atoms with E-state index in [1.54, 1.807) is 31.9 Å². The number of nitrogen functional groups attached to an aromatic ring is 1. The number of fused-ring (bicyclic) bond motifs is 1. The predicted octanol–water partition coefficient (Wildman–Crippen LogP) is 2.67. The summed E-state index contributed by atoms with van der Waals surface area (Å²) in [4.78, 5) is 22.5. The molecule has 0 saturated carbocycles.